The SMILES string of the molecule is CCNC(Cc1ccc(C)cc1Cl)c1cn(C)nc1C. The van der Waals surface area contributed by atoms with Crippen molar-refractivity contribution < 1.29 is 0 Å². The van der Waals surface area contributed by atoms with Crippen molar-refractivity contribution in [3.8, 4) is 0 Å². The van der Waals surface area contributed by atoms with E-state index in [1.54, 1.807) is 0 Å². The van der Waals surface area contributed by atoms with Crippen molar-refractivity contribution >= 4 is 11.6 Å². The van der Waals surface area contributed by atoms with E-state index in [0.29, 0.717) is 0 Å². The predicted molar refractivity (Wildman–Crippen MR) is 84.3 cm³/mol. The molecule has 0 spiro atoms. The molecule has 1 aromatic heterocycles. The highest BCUT2D eigenvalue weighted by Gasteiger charge is 2.17. The van der Waals surface area contributed by atoms with Crippen LogP contribution in [-0.4, -0.2) is 16.3 Å². The van der Waals surface area contributed by atoms with Gasteiger partial charge < -0.3 is 5.32 Å². The van der Waals surface area contributed by atoms with Crippen LogP contribution in [0.3, 0.4) is 0 Å². The fourth-order valence-corrected chi connectivity index (χ4v) is 2.85. The first kappa shape index (κ1) is 15.1. The van der Waals surface area contributed by atoms with Gasteiger partial charge in [-0.15, -0.1) is 0 Å². The highest BCUT2D eigenvalue weighted by molar-refractivity contribution is 6.31. The topological polar surface area (TPSA) is 29.9 Å². The minimum Gasteiger partial charge on any atom is -0.310 e. The molecule has 2 aromatic rings. The summed E-state index contributed by atoms with van der Waals surface area (Å²) in [5.41, 5.74) is 4.68. The first-order valence-corrected chi connectivity index (χ1v) is 7.37. The molecule has 108 valence electrons. The summed E-state index contributed by atoms with van der Waals surface area (Å²) in [5, 5.41) is 8.81. The van der Waals surface area contributed by atoms with E-state index in [-0.39, 0.29) is 6.04 Å². The van der Waals surface area contributed by atoms with Gasteiger partial charge in [-0.05, 0) is 44.0 Å². The lowest BCUT2D eigenvalue weighted by molar-refractivity contribution is 0.547. The molecular formula is C16H22ClN3. The number of nitrogens with zero attached hydrogens (tertiary/aromatic N) is 2. The van der Waals surface area contributed by atoms with Crippen molar-refractivity contribution in [3.63, 3.8) is 0 Å². The molecule has 4 heteroatoms. The Morgan fingerprint density at radius 3 is 2.65 bits per heavy atom. The lowest BCUT2D eigenvalue weighted by Crippen LogP contribution is -2.23. The number of nitrogens with one attached hydrogen (secondary N) is 1. The van der Waals surface area contributed by atoms with Crippen LogP contribution in [0.25, 0.3) is 0 Å². The second-order valence-corrected chi connectivity index (χ2v) is 5.66. The zero-order valence-corrected chi connectivity index (χ0v) is 13.3. The van der Waals surface area contributed by atoms with E-state index >= 15 is 0 Å². The Labute approximate surface area is 126 Å². The zero-order chi connectivity index (χ0) is 14.7. The molecule has 0 saturated carbocycles. The summed E-state index contributed by atoms with van der Waals surface area (Å²) in [7, 11) is 1.96. The first-order chi connectivity index (χ1) is 9.51. The van der Waals surface area contributed by atoms with E-state index in [1.807, 2.05) is 17.8 Å². The summed E-state index contributed by atoms with van der Waals surface area (Å²) in [6, 6.07) is 6.50. The Kier molecular flexibility index (Phi) is 4.84. The van der Waals surface area contributed by atoms with Gasteiger partial charge in [0.05, 0.1) is 5.69 Å². The van der Waals surface area contributed by atoms with Crippen LogP contribution >= 0.6 is 11.6 Å². The normalized spacial score (nSPS) is 12.7. The van der Waals surface area contributed by atoms with E-state index in [0.717, 1.165) is 23.7 Å². The van der Waals surface area contributed by atoms with Gasteiger partial charge in [0, 0.05) is 29.9 Å². The Morgan fingerprint density at radius 2 is 2.10 bits per heavy atom. The minimum absolute atomic E-state index is 0.244. The highest BCUT2D eigenvalue weighted by Crippen LogP contribution is 2.25. The van der Waals surface area contributed by atoms with Crippen molar-refractivity contribution in [2.24, 2.45) is 7.05 Å². The van der Waals surface area contributed by atoms with Gasteiger partial charge in [-0.3, -0.25) is 4.68 Å². The number of aryl methyl sites for hydroxylation is 3. The van der Waals surface area contributed by atoms with Gasteiger partial charge in [0.15, 0.2) is 0 Å². The van der Waals surface area contributed by atoms with E-state index in [2.05, 4.69) is 49.5 Å². The molecule has 0 radical (unpaired) electrons. The predicted octanol–water partition coefficient (Wildman–Crippen LogP) is 3.58. The smallest absolute Gasteiger partial charge is 0.0641 e. The third-order valence-electron chi connectivity index (χ3n) is 3.51. The average molecular weight is 292 g/mol. The van der Waals surface area contributed by atoms with E-state index in [9.17, 15) is 0 Å². The van der Waals surface area contributed by atoms with Crippen LogP contribution in [-0.2, 0) is 13.5 Å². The maximum Gasteiger partial charge on any atom is 0.0641 e. The fraction of sp³-hybridized carbons (Fsp3) is 0.438. The summed E-state index contributed by atoms with van der Waals surface area (Å²) in [6.07, 6.45) is 2.96. The second kappa shape index (κ2) is 6.42. The molecule has 0 saturated heterocycles. The summed E-state index contributed by atoms with van der Waals surface area (Å²) in [5.74, 6) is 0. The van der Waals surface area contributed by atoms with Gasteiger partial charge in [0.1, 0.15) is 0 Å². The van der Waals surface area contributed by atoms with Crippen LogP contribution < -0.4 is 5.32 Å². The van der Waals surface area contributed by atoms with Crippen molar-refractivity contribution in [2.75, 3.05) is 6.54 Å². The van der Waals surface area contributed by atoms with E-state index in [4.69, 9.17) is 11.6 Å². The standard InChI is InChI=1S/C16H22ClN3/c1-5-18-16(14-10-20(4)19-12(14)3)9-13-7-6-11(2)8-15(13)17/h6-8,10,16,18H,5,9H2,1-4H3. The van der Waals surface area contributed by atoms with Crippen LogP contribution in [0, 0.1) is 13.8 Å². The third-order valence-corrected chi connectivity index (χ3v) is 3.86. The van der Waals surface area contributed by atoms with Gasteiger partial charge in [-0.1, -0.05) is 30.7 Å². The number of hydrogen-bond acceptors (Lipinski definition) is 2. The molecule has 2 rings (SSSR count). The van der Waals surface area contributed by atoms with Crippen LogP contribution in [0.4, 0.5) is 0 Å². The number of likely N-dealkylation sites (N-methyl/N-ethyl adjacent to an activating group) is 1. The molecule has 1 N–H and O–H groups in total. The number of halogens is 1. The van der Waals surface area contributed by atoms with Gasteiger partial charge in [0.2, 0.25) is 0 Å². The molecule has 20 heavy (non-hydrogen) atoms. The van der Waals surface area contributed by atoms with Gasteiger partial charge in [-0.2, -0.15) is 5.10 Å². The monoisotopic (exact) mass is 291 g/mol. The number of rotatable bonds is 5. The van der Waals surface area contributed by atoms with Crippen LogP contribution in [0.15, 0.2) is 24.4 Å². The lowest BCUT2D eigenvalue weighted by atomic mass is 9.98. The number of hydrogen-bond donors (Lipinski definition) is 1. The van der Waals surface area contributed by atoms with Crippen molar-refractivity contribution in [1.29, 1.82) is 0 Å². The third kappa shape index (κ3) is 3.41. The summed E-state index contributed by atoms with van der Waals surface area (Å²) in [6.45, 7) is 7.15. The molecule has 0 amide bonds. The minimum atomic E-state index is 0.244. The number of aromatic nitrogens is 2. The average Bonchev–Trinajstić information content (AvgIpc) is 2.71. The Balaban J connectivity index is 2.27. The molecule has 1 atom stereocenters. The van der Waals surface area contributed by atoms with Crippen molar-refractivity contribution in [1.82, 2.24) is 15.1 Å². The Hall–Kier alpha value is -1.32. The molecule has 0 aliphatic rings. The van der Waals surface area contributed by atoms with Gasteiger partial charge in [0.25, 0.3) is 0 Å². The molecule has 1 unspecified atom stereocenters. The molecule has 3 nitrogen and oxygen atoms in total. The molecular weight excluding hydrogens is 270 g/mol. The largest absolute Gasteiger partial charge is 0.310 e. The quantitative estimate of drug-likeness (QED) is 0.912. The Morgan fingerprint density at radius 1 is 1.35 bits per heavy atom. The van der Waals surface area contributed by atoms with Crippen LogP contribution in [0.2, 0.25) is 5.02 Å². The Bertz CT molecular complexity index is 589. The summed E-state index contributed by atoms with van der Waals surface area (Å²) in [4.78, 5) is 0. The van der Waals surface area contributed by atoms with Crippen LogP contribution in [0.1, 0.15) is 35.3 Å². The maximum absolute atomic E-state index is 6.36. The lowest BCUT2D eigenvalue weighted by Gasteiger charge is -2.18. The highest BCUT2D eigenvalue weighted by atomic mass is 35.5. The van der Waals surface area contributed by atoms with Crippen LogP contribution in [0.5, 0.6) is 0 Å². The van der Waals surface area contributed by atoms with Gasteiger partial charge in [-0.25, -0.2) is 0 Å². The molecule has 0 fully saturated rings. The van der Waals surface area contributed by atoms with Crippen molar-refractivity contribution in [3.05, 3.63) is 51.8 Å². The fourth-order valence-electron chi connectivity index (χ4n) is 2.54. The van der Waals surface area contributed by atoms with E-state index < -0.39 is 0 Å². The second-order valence-electron chi connectivity index (χ2n) is 5.25. The first-order valence-electron chi connectivity index (χ1n) is 6.99. The molecule has 0 aliphatic heterocycles. The molecule has 1 aromatic carbocycles. The van der Waals surface area contributed by atoms with Gasteiger partial charge >= 0.3 is 0 Å². The number of benzene rings is 1. The molecule has 0 aliphatic carbocycles. The van der Waals surface area contributed by atoms with E-state index in [1.165, 1.54) is 16.7 Å². The summed E-state index contributed by atoms with van der Waals surface area (Å²) >= 11 is 6.36. The summed E-state index contributed by atoms with van der Waals surface area (Å²) < 4.78 is 1.87. The maximum atomic E-state index is 6.36. The van der Waals surface area contributed by atoms with Crippen molar-refractivity contribution in [2.45, 2.75) is 33.2 Å². The molecule has 0 bridgehead atoms. The zero-order valence-electron chi connectivity index (χ0n) is 12.6. The molecule has 1 heterocycles.